The van der Waals surface area contributed by atoms with Crippen LogP contribution in [-0.2, 0) is 6.54 Å². The van der Waals surface area contributed by atoms with E-state index in [1.54, 1.807) is 6.20 Å². The number of carbonyl (C=O) groups is 2. The van der Waals surface area contributed by atoms with Crippen LogP contribution in [0.15, 0.2) is 24.4 Å². The number of pyridine rings is 1. The highest BCUT2D eigenvalue weighted by Gasteiger charge is 2.33. The van der Waals surface area contributed by atoms with Gasteiger partial charge in [-0.25, -0.2) is 9.59 Å². The molecule has 0 radical (unpaired) electrons. The summed E-state index contributed by atoms with van der Waals surface area (Å²) in [6.07, 6.45) is 13.1. The van der Waals surface area contributed by atoms with Gasteiger partial charge in [0.2, 0.25) is 0 Å². The van der Waals surface area contributed by atoms with E-state index in [1.807, 2.05) is 23.1 Å². The van der Waals surface area contributed by atoms with Gasteiger partial charge in [-0.2, -0.15) is 0 Å². The minimum absolute atomic E-state index is 0.234. The smallest absolute Gasteiger partial charge is 0.325 e. The Morgan fingerprint density at radius 1 is 0.962 bits per heavy atom. The predicted octanol–water partition coefficient (Wildman–Crippen LogP) is 3.97. The van der Waals surface area contributed by atoms with Gasteiger partial charge in [-0.05, 0) is 37.8 Å². The van der Waals surface area contributed by atoms with Crippen molar-refractivity contribution < 1.29 is 9.59 Å². The van der Waals surface area contributed by atoms with Crippen molar-refractivity contribution in [3.8, 4) is 0 Å². The van der Waals surface area contributed by atoms with Gasteiger partial charge in [-0.1, -0.05) is 44.6 Å². The molecule has 1 aromatic heterocycles. The summed E-state index contributed by atoms with van der Waals surface area (Å²) in [5.74, 6) is 0. The molecule has 0 aliphatic heterocycles. The van der Waals surface area contributed by atoms with Gasteiger partial charge in [0.25, 0.3) is 0 Å². The highest BCUT2D eigenvalue weighted by molar-refractivity contribution is 5.93. The van der Waals surface area contributed by atoms with Gasteiger partial charge in [0.15, 0.2) is 0 Å². The van der Waals surface area contributed by atoms with E-state index in [2.05, 4.69) is 15.6 Å². The Balaban J connectivity index is 1.57. The van der Waals surface area contributed by atoms with Gasteiger partial charge in [0, 0.05) is 18.3 Å². The molecule has 0 unspecified atom stereocenters. The molecule has 2 N–H and O–H groups in total. The molecule has 4 amide bonds. The number of amides is 4. The SMILES string of the molecule is O=C(NCc1ccccn1)NC(=O)N(C1CCCCC1)C1CCCCC1. The van der Waals surface area contributed by atoms with Crippen molar-refractivity contribution >= 4 is 12.1 Å². The Hall–Kier alpha value is -2.11. The molecule has 1 heterocycles. The van der Waals surface area contributed by atoms with Crippen molar-refractivity contribution in [3.05, 3.63) is 30.1 Å². The van der Waals surface area contributed by atoms with Crippen LogP contribution in [-0.4, -0.2) is 34.0 Å². The molecule has 2 fully saturated rings. The van der Waals surface area contributed by atoms with Gasteiger partial charge in [0.1, 0.15) is 0 Å². The fraction of sp³-hybridized carbons (Fsp3) is 0.650. The number of rotatable bonds is 4. The molecule has 26 heavy (non-hydrogen) atoms. The molecule has 2 aliphatic carbocycles. The first-order valence-corrected chi connectivity index (χ1v) is 10.0. The van der Waals surface area contributed by atoms with E-state index >= 15 is 0 Å². The van der Waals surface area contributed by atoms with Crippen molar-refractivity contribution in [2.24, 2.45) is 0 Å². The van der Waals surface area contributed by atoms with Crippen molar-refractivity contribution in [3.63, 3.8) is 0 Å². The van der Waals surface area contributed by atoms with Crippen LogP contribution in [0.1, 0.15) is 69.9 Å². The van der Waals surface area contributed by atoms with E-state index in [0.29, 0.717) is 6.54 Å². The summed E-state index contributed by atoms with van der Waals surface area (Å²) < 4.78 is 0. The van der Waals surface area contributed by atoms with Crippen LogP contribution < -0.4 is 10.6 Å². The molecule has 1 aromatic rings. The van der Waals surface area contributed by atoms with Crippen LogP contribution in [0.4, 0.5) is 9.59 Å². The van der Waals surface area contributed by atoms with Crippen molar-refractivity contribution in [2.75, 3.05) is 0 Å². The predicted molar refractivity (Wildman–Crippen MR) is 101 cm³/mol. The maximum atomic E-state index is 12.9. The quantitative estimate of drug-likeness (QED) is 0.855. The number of nitrogens with one attached hydrogen (secondary N) is 2. The summed E-state index contributed by atoms with van der Waals surface area (Å²) in [5, 5.41) is 5.28. The monoisotopic (exact) mass is 358 g/mol. The third kappa shape index (κ3) is 5.19. The van der Waals surface area contributed by atoms with Gasteiger partial charge in [-0.3, -0.25) is 10.3 Å². The zero-order chi connectivity index (χ0) is 18.2. The largest absolute Gasteiger partial charge is 0.332 e. The van der Waals surface area contributed by atoms with Crippen LogP contribution >= 0.6 is 0 Å². The summed E-state index contributed by atoms with van der Waals surface area (Å²) in [6, 6.07) is 5.42. The van der Waals surface area contributed by atoms with E-state index < -0.39 is 6.03 Å². The summed E-state index contributed by atoms with van der Waals surface area (Å²) in [6.45, 7) is 0.312. The standard InChI is InChI=1S/C20H30N4O2/c25-19(22-15-16-9-7-8-14-21-16)23-20(26)24(17-10-3-1-4-11-17)18-12-5-2-6-13-18/h7-9,14,17-18H,1-6,10-13,15H2,(H2,22,23,25,26). The second-order valence-corrected chi connectivity index (χ2v) is 7.42. The fourth-order valence-electron chi connectivity index (χ4n) is 4.23. The molecule has 0 spiro atoms. The molecular formula is C20H30N4O2. The van der Waals surface area contributed by atoms with E-state index in [0.717, 1.165) is 31.4 Å². The van der Waals surface area contributed by atoms with Gasteiger partial charge >= 0.3 is 12.1 Å². The third-order valence-electron chi connectivity index (χ3n) is 5.55. The first-order chi connectivity index (χ1) is 12.7. The van der Waals surface area contributed by atoms with Gasteiger partial charge < -0.3 is 10.2 Å². The van der Waals surface area contributed by atoms with Crippen LogP contribution in [0.5, 0.6) is 0 Å². The topological polar surface area (TPSA) is 74.3 Å². The number of carbonyl (C=O) groups excluding carboxylic acids is 2. The number of nitrogens with zero attached hydrogens (tertiary/aromatic N) is 2. The van der Waals surface area contributed by atoms with E-state index in [9.17, 15) is 9.59 Å². The molecule has 142 valence electrons. The van der Waals surface area contributed by atoms with E-state index in [1.165, 1.54) is 38.5 Å². The molecule has 3 rings (SSSR count). The molecular weight excluding hydrogens is 328 g/mol. The number of hydrogen-bond acceptors (Lipinski definition) is 3. The lowest BCUT2D eigenvalue weighted by molar-refractivity contribution is 0.106. The Labute approximate surface area is 155 Å². The highest BCUT2D eigenvalue weighted by Crippen LogP contribution is 2.30. The summed E-state index contributed by atoms with van der Waals surface area (Å²) in [4.78, 5) is 31.3. The van der Waals surface area contributed by atoms with E-state index in [4.69, 9.17) is 0 Å². The van der Waals surface area contributed by atoms with Gasteiger partial charge in [-0.15, -0.1) is 0 Å². The molecule has 2 saturated carbocycles. The lowest BCUT2D eigenvalue weighted by atomic mass is 9.89. The minimum atomic E-state index is -0.447. The first kappa shape index (κ1) is 18.7. The number of imide groups is 1. The van der Waals surface area contributed by atoms with Crippen LogP contribution in [0, 0.1) is 0 Å². The summed E-state index contributed by atoms with van der Waals surface area (Å²) >= 11 is 0. The molecule has 0 atom stereocenters. The van der Waals surface area contributed by atoms with Crippen LogP contribution in [0.3, 0.4) is 0 Å². The lowest BCUT2D eigenvalue weighted by Gasteiger charge is -2.41. The minimum Gasteiger partial charge on any atom is -0.332 e. The average molecular weight is 358 g/mol. The first-order valence-electron chi connectivity index (χ1n) is 10.0. The highest BCUT2D eigenvalue weighted by atomic mass is 16.2. The number of urea groups is 2. The normalized spacial score (nSPS) is 18.9. The fourth-order valence-corrected chi connectivity index (χ4v) is 4.23. The Kier molecular flexibility index (Phi) is 6.86. The molecule has 0 saturated heterocycles. The van der Waals surface area contributed by atoms with Crippen LogP contribution in [0.2, 0.25) is 0 Å². The zero-order valence-electron chi connectivity index (χ0n) is 15.5. The number of aromatic nitrogens is 1. The van der Waals surface area contributed by atoms with Crippen LogP contribution in [0.25, 0.3) is 0 Å². The Morgan fingerprint density at radius 2 is 1.58 bits per heavy atom. The van der Waals surface area contributed by atoms with Gasteiger partial charge in [0.05, 0.1) is 12.2 Å². The second kappa shape index (κ2) is 9.55. The van der Waals surface area contributed by atoms with Crippen molar-refractivity contribution in [2.45, 2.75) is 82.8 Å². The molecule has 6 heteroatoms. The third-order valence-corrected chi connectivity index (χ3v) is 5.55. The molecule has 2 aliphatic rings. The Bertz CT molecular complexity index is 563. The zero-order valence-corrected chi connectivity index (χ0v) is 15.5. The molecule has 6 nitrogen and oxygen atoms in total. The van der Waals surface area contributed by atoms with Crippen molar-refractivity contribution in [1.29, 1.82) is 0 Å². The van der Waals surface area contributed by atoms with E-state index in [-0.39, 0.29) is 18.1 Å². The second-order valence-electron chi connectivity index (χ2n) is 7.42. The average Bonchev–Trinajstić information content (AvgIpc) is 2.69. The maximum Gasteiger partial charge on any atom is 0.325 e. The Morgan fingerprint density at radius 3 is 2.12 bits per heavy atom. The maximum absolute atomic E-state index is 12.9. The summed E-state index contributed by atoms with van der Waals surface area (Å²) in [5.41, 5.74) is 0.770. The molecule has 0 aromatic carbocycles. The lowest BCUT2D eigenvalue weighted by Crippen LogP contribution is -2.55. The number of hydrogen-bond donors (Lipinski definition) is 2. The van der Waals surface area contributed by atoms with Crippen molar-refractivity contribution in [1.82, 2.24) is 20.5 Å². The summed E-state index contributed by atoms with van der Waals surface area (Å²) in [7, 11) is 0. The molecule has 0 bridgehead atoms.